The van der Waals surface area contributed by atoms with Crippen LogP contribution in [-0.4, -0.2) is 24.8 Å². The van der Waals surface area contributed by atoms with E-state index >= 15 is 0 Å². The molecule has 8 nitrogen and oxygen atoms in total. The molecule has 1 aromatic carbocycles. The molecule has 0 saturated heterocycles. The summed E-state index contributed by atoms with van der Waals surface area (Å²) in [5.41, 5.74) is 1.23. The van der Waals surface area contributed by atoms with Crippen LogP contribution in [0.5, 0.6) is 0 Å². The van der Waals surface area contributed by atoms with Crippen molar-refractivity contribution in [3.05, 3.63) is 62.5 Å². The second kappa shape index (κ2) is 5.01. The van der Waals surface area contributed by atoms with Crippen LogP contribution in [0.25, 0.3) is 11.0 Å². The number of aromatic nitrogens is 2. The van der Waals surface area contributed by atoms with E-state index in [0.29, 0.717) is 17.5 Å². The summed E-state index contributed by atoms with van der Waals surface area (Å²) in [6.45, 7) is 0. The topological polar surface area (TPSA) is 115 Å². The number of hydrogen-bond acceptors (Lipinski definition) is 5. The lowest BCUT2D eigenvalue weighted by atomic mass is 9.82. The molecule has 2 aliphatic rings. The molecule has 1 saturated carbocycles. The van der Waals surface area contributed by atoms with E-state index in [1.807, 2.05) is 0 Å². The van der Waals surface area contributed by atoms with Crippen molar-refractivity contribution in [2.75, 3.05) is 0 Å². The number of halogens is 1. The molecule has 2 aliphatic carbocycles. The van der Waals surface area contributed by atoms with Crippen molar-refractivity contribution >= 4 is 22.6 Å². The summed E-state index contributed by atoms with van der Waals surface area (Å²) in [5.74, 6) is -1.66. The van der Waals surface area contributed by atoms with Gasteiger partial charge < -0.3 is 4.98 Å². The highest BCUT2D eigenvalue weighted by molar-refractivity contribution is 6.23. The van der Waals surface area contributed by atoms with Gasteiger partial charge in [0.1, 0.15) is 5.92 Å². The van der Waals surface area contributed by atoms with Gasteiger partial charge in [-0.1, -0.05) is 24.3 Å². The quantitative estimate of drug-likeness (QED) is 0.300. The van der Waals surface area contributed by atoms with Gasteiger partial charge in [0.05, 0.1) is 17.0 Å². The van der Waals surface area contributed by atoms with Gasteiger partial charge in [0, 0.05) is 9.85 Å². The van der Waals surface area contributed by atoms with Crippen molar-refractivity contribution in [3.63, 3.8) is 0 Å². The summed E-state index contributed by atoms with van der Waals surface area (Å²) in [6, 6.07) is 5.69. The number of alkyl halides is 1. The summed E-state index contributed by atoms with van der Waals surface area (Å²) in [6.07, 6.45) is 3.96. The molecule has 0 amide bonds. The third kappa shape index (κ3) is 1.89. The SMILES string of the molecule is O=[N+]([O-])C(c1nc2ccccc2[nH]1)C1C2C=CC(C2)C1(Cl)[N+](=O)[O-]. The number of rotatable bonds is 4. The molecule has 0 aliphatic heterocycles. The molecule has 1 heterocycles. The molecule has 5 unspecified atom stereocenters. The van der Waals surface area contributed by atoms with Crippen molar-refractivity contribution < 1.29 is 9.85 Å². The van der Waals surface area contributed by atoms with Gasteiger partial charge in [-0.05, 0) is 36.1 Å². The number of imidazole rings is 1. The Bertz CT molecular complexity index is 848. The Kier molecular flexibility index (Phi) is 3.14. The van der Waals surface area contributed by atoms with Crippen LogP contribution >= 0.6 is 11.6 Å². The number of aromatic amines is 1. The summed E-state index contributed by atoms with van der Waals surface area (Å²) >= 11 is 6.36. The lowest BCUT2D eigenvalue weighted by Gasteiger charge is -2.29. The van der Waals surface area contributed by atoms with Crippen molar-refractivity contribution in [2.24, 2.45) is 17.8 Å². The van der Waals surface area contributed by atoms with Crippen molar-refractivity contribution in [3.8, 4) is 0 Å². The molecule has 4 rings (SSSR count). The molecule has 0 radical (unpaired) electrons. The number of H-pyrrole nitrogens is 1. The minimum absolute atomic E-state index is 0.110. The van der Waals surface area contributed by atoms with Gasteiger partial charge in [-0.25, -0.2) is 4.98 Å². The van der Waals surface area contributed by atoms with E-state index < -0.39 is 32.7 Å². The van der Waals surface area contributed by atoms with Crippen LogP contribution in [0, 0.1) is 38.0 Å². The van der Waals surface area contributed by atoms with E-state index in [4.69, 9.17) is 11.6 Å². The molecule has 124 valence electrons. The maximum atomic E-state index is 11.8. The molecule has 2 aromatic rings. The third-order valence-electron chi connectivity index (χ3n) is 5.10. The van der Waals surface area contributed by atoms with Crippen molar-refractivity contribution in [1.29, 1.82) is 0 Å². The number of nitrogens with one attached hydrogen (secondary N) is 1. The van der Waals surface area contributed by atoms with Crippen LogP contribution in [0.1, 0.15) is 18.3 Å². The zero-order valence-corrected chi connectivity index (χ0v) is 13.1. The van der Waals surface area contributed by atoms with E-state index in [1.165, 1.54) is 0 Å². The number of nitrogens with zero attached hydrogens (tertiary/aromatic N) is 3. The Morgan fingerprint density at radius 1 is 1.29 bits per heavy atom. The van der Waals surface area contributed by atoms with E-state index in [-0.39, 0.29) is 11.7 Å². The van der Waals surface area contributed by atoms with Gasteiger partial charge in [0.15, 0.2) is 5.82 Å². The van der Waals surface area contributed by atoms with E-state index in [0.717, 1.165) is 0 Å². The van der Waals surface area contributed by atoms with Crippen LogP contribution in [0.15, 0.2) is 36.4 Å². The van der Waals surface area contributed by atoms with Gasteiger partial charge in [0.2, 0.25) is 0 Å². The Morgan fingerprint density at radius 3 is 2.71 bits per heavy atom. The fourth-order valence-electron chi connectivity index (χ4n) is 4.07. The predicted molar refractivity (Wildman–Crippen MR) is 85.6 cm³/mol. The highest BCUT2D eigenvalue weighted by atomic mass is 35.5. The number of nitro groups is 2. The Labute approximate surface area is 140 Å². The van der Waals surface area contributed by atoms with Crippen molar-refractivity contribution in [1.82, 2.24) is 9.97 Å². The first-order valence-electron chi connectivity index (χ1n) is 7.52. The van der Waals surface area contributed by atoms with Gasteiger partial charge in [-0.2, -0.15) is 0 Å². The second-order valence-corrected chi connectivity index (χ2v) is 6.88. The monoisotopic (exact) mass is 348 g/mol. The highest BCUT2D eigenvalue weighted by Gasteiger charge is 2.70. The second-order valence-electron chi connectivity index (χ2n) is 6.27. The number of hydrogen-bond donors (Lipinski definition) is 1. The minimum atomic E-state index is -1.88. The first kappa shape index (κ1) is 15.1. The Morgan fingerprint density at radius 2 is 2.04 bits per heavy atom. The molecule has 24 heavy (non-hydrogen) atoms. The Hall–Kier alpha value is -2.48. The standard InChI is InChI=1S/C15H13ClN4O4/c16-15(20(23)24)9-6-5-8(7-9)12(15)13(19(21)22)14-17-10-3-1-2-4-11(10)18-14/h1-6,8-9,12-13H,7H2,(H,17,18). The lowest BCUT2D eigenvalue weighted by Crippen LogP contribution is -2.48. The summed E-state index contributed by atoms with van der Waals surface area (Å²) in [7, 11) is 0. The fraction of sp³-hybridized carbons (Fsp3) is 0.400. The molecule has 1 fully saturated rings. The van der Waals surface area contributed by atoms with Gasteiger partial charge in [-0.15, -0.1) is 0 Å². The van der Waals surface area contributed by atoms with Crippen LogP contribution in [0.3, 0.4) is 0 Å². The summed E-state index contributed by atoms with van der Waals surface area (Å²) in [5, 5.41) is 23.4. The zero-order chi connectivity index (χ0) is 17.1. The molecule has 2 bridgehead atoms. The molecular formula is C15H13ClN4O4. The summed E-state index contributed by atoms with van der Waals surface area (Å²) in [4.78, 5) is 27.7. The normalized spacial score (nSPS) is 32.3. The van der Waals surface area contributed by atoms with Gasteiger partial charge >= 0.3 is 5.00 Å². The zero-order valence-electron chi connectivity index (χ0n) is 12.3. The molecule has 5 atom stereocenters. The predicted octanol–water partition coefficient (Wildman–Crippen LogP) is 2.91. The van der Waals surface area contributed by atoms with Gasteiger partial charge in [-0.3, -0.25) is 20.2 Å². The number of fused-ring (bicyclic) bond motifs is 3. The van der Waals surface area contributed by atoms with Crippen LogP contribution < -0.4 is 0 Å². The lowest BCUT2D eigenvalue weighted by molar-refractivity contribution is -0.594. The maximum absolute atomic E-state index is 11.8. The molecular weight excluding hydrogens is 336 g/mol. The number of benzene rings is 1. The molecule has 1 N–H and O–H groups in total. The van der Waals surface area contributed by atoms with Crippen molar-refractivity contribution in [2.45, 2.75) is 17.5 Å². The van der Waals surface area contributed by atoms with E-state index in [2.05, 4.69) is 9.97 Å². The molecule has 1 aromatic heterocycles. The average Bonchev–Trinajstić information content (AvgIpc) is 3.22. The third-order valence-corrected chi connectivity index (χ3v) is 5.77. The first-order chi connectivity index (χ1) is 11.4. The fourth-order valence-corrected chi connectivity index (χ4v) is 4.51. The van der Waals surface area contributed by atoms with Gasteiger partial charge in [0.25, 0.3) is 6.04 Å². The highest BCUT2D eigenvalue weighted by Crippen LogP contribution is 2.58. The number of para-hydroxylation sites is 2. The van der Waals surface area contributed by atoms with Crippen LogP contribution in [0.2, 0.25) is 0 Å². The van der Waals surface area contributed by atoms with Crippen LogP contribution in [0.4, 0.5) is 0 Å². The van der Waals surface area contributed by atoms with Crippen LogP contribution in [-0.2, 0) is 0 Å². The van der Waals surface area contributed by atoms with E-state index in [9.17, 15) is 20.2 Å². The Balaban J connectivity index is 1.85. The smallest absolute Gasteiger partial charge is 0.311 e. The largest absolute Gasteiger partial charge is 0.336 e. The molecule has 0 spiro atoms. The minimum Gasteiger partial charge on any atom is -0.336 e. The summed E-state index contributed by atoms with van der Waals surface area (Å²) < 4.78 is 0. The first-order valence-corrected chi connectivity index (χ1v) is 7.90. The van der Waals surface area contributed by atoms with E-state index in [1.54, 1.807) is 36.4 Å². The number of allylic oxidation sites excluding steroid dienone is 1. The molecule has 9 heteroatoms. The average molecular weight is 349 g/mol. The maximum Gasteiger partial charge on any atom is 0.311 e.